The summed E-state index contributed by atoms with van der Waals surface area (Å²) < 4.78 is 5.66. The third kappa shape index (κ3) is 2.36. The van der Waals surface area contributed by atoms with Gasteiger partial charge in [-0.15, -0.1) is 0 Å². The summed E-state index contributed by atoms with van der Waals surface area (Å²) >= 11 is -1.58. The van der Waals surface area contributed by atoms with Gasteiger partial charge < -0.3 is 0 Å². The monoisotopic (exact) mass is 508 g/mol. The quantitative estimate of drug-likeness (QED) is 0.601. The van der Waals surface area contributed by atoms with Crippen molar-refractivity contribution in [1.82, 2.24) is 0 Å². The molecule has 0 heterocycles. The van der Waals surface area contributed by atoms with Crippen molar-refractivity contribution >= 4 is 8.25 Å². The van der Waals surface area contributed by atoms with E-state index >= 15 is 0 Å². The molecule has 1 aromatic carbocycles. The predicted molar refractivity (Wildman–Crippen MR) is 83.5 cm³/mol. The van der Waals surface area contributed by atoms with Crippen LogP contribution in [-0.4, -0.2) is 11.2 Å². The summed E-state index contributed by atoms with van der Waals surface area (Å²) in [5, 5.41) is 10.4. The molecule has 2 fully saturated rings. The van der Waals surface area contributed by atoms with Gasteiger partial charge in [0.15, 0.2) is 0 Å². The first-order valence-electron chi connectivity index (χ1n) is 8.63. The van der Waals surface area contributed by atoms with Crippen LogP contribution >= 0.6 is 8.25 Å². The number of aliphatic hydroxyl groups is 1. The van der Waals surface area contributed by atoms with Gasteiger partial charge in [0.05, 0.1) is 0 Å². The Hall–Kier alpha value is 0.205. The predicted octanol–water partition coefficient (Wildman–Crippen LogP) is 4.43. The second kappa shape index (κ2) is 5.93. The van der Waals surface area contributed by atoms with Crippen LogP contribution in [0.3, 0.4) is 0 Å². The first-order chi connectivity index (χ1) is 10.6. The molecular formula is C18H23ClHgO2. The number of hydrogen-bond acceptors (Lipinski definition) is 2. The number of halogens is 1. The summed E-state index contributed by atoms with van der Waals surface area (Å²) in [5.41, 5.74) is 3.22. The van der Waals surface area contributed by atoms with Crippen molar-refractivity contribution in [3.63, 3.8) is 0 Å². The maximum absolute atomic E-state index is 10.4. The summed E-state index contributed by atoms with van der Waals surface area (Å²) in [6.45, 7) is 2.34. The van der Waals surface area contributed by atoms with Crippen molar-refractivity contribution < 1.29 is 31.5 Å². The molecule has 0 aromatic heterocycles. The van der Waals surface area contributed by atoms with Gasteiger partial charge in [-0.3, -0.25) is 0 Å². The third-order valence-electron chi connectivity index (χ3n) is 6.87. The van der Waals surface area contributed by atoms with E-state index in [1.165, 1.54) is 31.2 Å². The zero-order valence-electron chi connectivity index (χ0n) is 13.2. The van der Waals surface area contributed by atoms with Crippen molar-refractivity contribution in [2.75, 3.05) is 0 Å². The van der Waals surface area contributed by atoms with Crippen molar-refractivity contribution in [3.05, 3.63) is 29.3 Å². The maximum atomic E-state index is 10.4. The fourth-order valence-electron chi connectivity index (χ4n) is 5.68. The molecule has 2 saturated carbocycles. The second-order valence-electron chi connectivity index (χ2n) is 7.67. The molecule has 5 atom stereocenters. The Morgan fingerprint density at radius 1 is 1.27 bits per heavy atom. The number of aryl methyl sites for hydroxylation is 1. The summed E-state index contributed by atoms with van der Waals surface area (Å²) in [6.07, 6.45) is 7.00. The minimum absolute atomic E-state index is 0.0766. The minimum atomic E-state index is -1.58. The molecule has 4 heteroatoms. The molecule has 1 aromatic rings. The van der Waals surface area contributed by atoms with Crippen LogP contribution in [0.2, 0.25) is 0 Å². The average Bonchev–Trinajstić information content (AvgIpc) is 2.83. The Morgan fingerprint density at radius 3 is 2.95 bits per heavy atom. The number of aliphatic hydroxyl groups excluding tert-OH is 1. The summed E-state index contributed by atoms with van der Waals surface area (Å²) in [6, 6.07) is 6.67. The van der Waals surface area contributed by atoms with E-state index < -0.39 is 23.8 Å². The van der Waals surface area contributed by atoms with Gasteiger partial charge in [-0.2, -0.15) is 0 Å². The van der Waals surface area contributed by atoms with E-state index in [1.807, 2.05) is 0 Å². The molecule has 0 radical (unpaired) electrons. The molecule has 0 amide bonds. The van der Waals surface area contributed by atoms with E-state index in [0.717, 1.165) is 24.5 Å². The van der Waals surface area contributed by atoms with E-state index in [2.05, 4.69) is 25.1 Å². The van der Waals surface area contributed by atoms with Crippen LogP contribution in [0.4, 0.5) is 0 Å². The van der Waals surface area contributed by atoms with Gasteiger partial charge >= 0.3 is 150 Å². The first-order valence-corrected chi connectivity index (χ1v) is 17.6. The Morgan fingerprint density at radius 2 is 2.14 bits per heavy atom. The molecule has 0 saturated heterocycles. The molecule has 22 heavy (non-hydrogen) atoms. The van der Waals surface area contributed by atoms with Gasteiger partial charge in [0, 0.05) is 0 Å². The van der Waals surface area contributed by atoms with E-state index in [9.17, 15) is 5.11 Å². The summed E-state index contributed by atoms with van der Waals surface area (Å²) in [4.78, 5) is 0. The summed E-state index contributed by atoms with van der Waals surface area (Å²) in [5.74, 6) is 3.17. The molecule has 0 bridgehead atoms. The molecular weight excluding hydrogens is 484 g/mol. The van der Waals surface area contributed by atoms with Gasteiger partial charge in [-0.1, -0.05) is 0 Å². The average molecular weight is 507 g/mol. The zero-order chi connectivity index (χ0) is 15.3. The van der Waals surface area contributed by atoms with Gasteiger partial charge in [0.25, 0.3) is 0 Å². The Balaban J connectivity index is 1.64. The summed E-state index contributed by atoms with van der Waals surface area (Å²) in [7, 11) is 5.90. The van der Waals surface area contributed by atoms with E-state index in [1.54, 1.807) is 5.56 Å². The Labute approximate surface area is 149 Å². The van der Waals surface area contributed by atoms with Gasteiger partial charge in [0.2, 0.25) is 0 Å². The van der Waals surface area contributed by atoms with Crippen LogP contribution in [-0.2, 0) is 30.2 Å². The Bertz CT molecular complexity index is 578. The van der Waals surface area contributed by atoms with Crippen LogP contribution in [0.1, 0.15) is 56.1 Å². The fraction of sp³-hybridized carbons (Fsp3) is 0.667. The molecule has 0 unspecified atom stereocenters. The van der Waals surface area contributed by atoms with Gasteiger partial charge in [-0.05, 0) is 0 Å². The van der Waals surface area contributed by atoms with Crippen molar-refractivity contribution in [3.8, 4) is 5.75 Å². The molecule has 0 aliphatic heterocycles. The van der Waals surface area contributed by atoms with Crippen LogP contribution in [0.5, 0.6) is 5.75 Å². The van der Waals surface area contributed by atoms with E-state index in [0.29, 0.717) is 11.8 Å². The number of hydrogen-bond donors (Lipinski definition) is 1. The standard InChI is InChI=1S/C18H24O2.ClH.Hg/c1-18-9-8-14-13-5-3-12(19)10-11(13)2-4-15(14)16(18)6-7-17(18)20;;/h3,5,10,14-17,19-20H,2,4,6-9H2,1H3;1H;/q;;+2/p-2/t14-,15-,16+,17+,18+;;/m1../s1. The second-order valence-corrected chi connectivity index (χ2v) is 11.6. The molecule has 0 spiro atoms. The molecule has 1 N–H and O–H groups in total. The molecule has 3 aliphatic rings. The van der Waals surface area contributed by atoms with Crippen molar-refractivity contribution in [1.29, 1.82) is 0 Å². The Kier molecular flexibility index (Phi) is 4.24. The molecule has 116 valence electrons. The van der Waals surface area contributed by atoms with E-state index in [4.69, 9.17) is 10.9 Å². The SMILES string of the molecule is C[C@]12CC[C@@H]3c4ccc([O][Hg][Cl])cc4CC[C@H]3[C@@H]1CC[C@@H]2O. The first kappa shape index (κ1) is 15.7. The molecule has 2 nitrogen and oxygen atoms in total. The van der Waals surface area contributed by atoms with Crippen LogP contribution in [0.15, 0.2) is 18.2 Å². The normalized spacial score (nSPS) is 39.4. The van der Waals surface area contributed by atoms with Crippen LogP contribution in [0, 0.1) is 17.3 Å². The van der Waals surface area contributed by atoms with Gasteiger partial charge in [-0.25, -0.2) is 0 Å². The molecule has 3 aliphatic carbocycles. The topological polar surface area (TPSA) is 29.5 Å². The number of rotatable bonds is 2. The van der Waals surface area contributed by atoms with E-state index in [-0.39, 0.29) is 11.5 Å². The molecule has 4 rings (SSSR count). The number of benzene rings is 1. The van der Waals surface area contributed by atoms with Crippen LogP contribution in [0.25, 0.3) is 0 Å². The number of fused-ring (bicyclic) bond motifs is 5. The van der Waals surface area contributed by atoms with Crippen molar-refractivity contribution in [2.45, 2.75) is 57.5 Å². The third-order valence-corrected chi connectivity index (χ3v) is 9.55. The van der Waals surface area contributed by atoms with Crippen LogP contribution < -0.4 is 2.64 Å². The zero-order valence-corrected chi connectivity index (χ0v) is 19.5. The fourth-order valence-corrected chi connectivity index (χ4v) is 7.98. The van der Waals surface area contributed by atoms with Crippen molar-refractivity contribution in [2.24, 2.45) is 17.3 Å². The van der Waals surface area contributed by atoms with Gasteiger partial charge in [0.1, 0.15) is 0 Å².